The molecule has 0 unspecified atom stereocenters. The van der Waals surface area contributed by atoms with E-state index < -0.39 is 0 Å². The lowest BCUT2D eigenvalue weighted by Gasteiger charge is -2.02. The summed E-state index contributed by atoms with van der Waals surface area (Å²) in [7, 11) is 1.59. The molecule has 1 aromatic rings. The van der Waals surface area contributed by atoms with E-state index in [1.165, 1.54) is 0 Å². The molecule has 0 heterocycles. The molecule has 0 radical (unpaired) electrons. The molecule has 1 rings (SSSR count). The first-order valence-corrected chi connectivity index (χ1v) is 4.26. The highest BCUT2D eigenvalue weighted by atomic mass is 35.5. The van der Waals surface area contributed by atoms with Crippen molar-refractivity contribution in [2.24, 2.45) is 5.16 Å². The van der Waals surface area contributed by atoms with E-state index in [9.17, 15) is 0 Å². The highest BCUT2D eigenvalue weighted by Gasteiger charge is 2.01. The maximum absolute atomic E-state index is 8.58. The second kappa shape index (κ2) is 4.72. The van der Waals surface area contributed by atoms with Crippen LogP contribution >= 0.6 is 11.6 Å². The van der Waals surface area contributed by atoms with Gasteiger partial charge in [-0.1, -0.05) is 5.16 Å². The van der Waals surface area contributed by atoms with E-state index in [0.717, 1.165) is 11.3 Å². The number of nitrogens with zero attached hydrogens (tertiary/aromatic N) is 1. The van der Waals surface area contributed by atoms with Gasteiger partial charge in [0.15, 0.2) is 0 Å². The Morgan fingerprint density at radius 1 is 1.46 bits per heavy atom. The van der Waals surface area contributed by atoms with Crippen LogP contribution in [-0.4, -0.2) is 23.9 Å². The van der Waals surface area contributed by atoms with E-state index in [-0.39, 0.29) is 5.88 Å². The first kappa shape index (κ1) is 9.86. The summed E-state index contributed by atoms with van der Waals surface area (Å²) < 4.78 is 4.98. The lowest BCUT2D eigenvalue weighted by molar-refractivity contribution is 0.319. The van der Waals surface area contributed by atoms with Crippen molar-refractivity contribution in [1.82, 2.24) is 0 Å². The molecule has 0 fully saturated rings. The Balaban J connectivity index is 2.91. The molecule has 13 heavy (non-hydrogen) atoms. The van der Waals surface area contributed by atoms with Gasteiger partial charge in [0.25, 0.3) is 0 Å². The number of alkyl halides is 1. The molecule has 0 aliphatic rings. The van der Waals surface area contributed by atoms with Crippen LogP contribution in [0.1, 0.15) is 5.56 Å². The minimum Gasteiger partial charge on any atom is -0.497 e. The zero-order valence-electron chi connectivity index (χ0n) is 7.20. The van der Waals surface area contributed by atoms with Crippen molar-refractivity contribution < 1.29 is 9.94 Å². The molecule has 0 atom stereocenters. The van der Waals surface area contributed by atoms with Crippen LogP contribution in [0.2, 0.25) is 0 Å². The topological polar surface area (TPSA) is 41.8 Å². The standard InChI is InChI=1S/C9H10ClNO2/c1-13-8-4-2-7(3-5-8)9(6-10)11-12/h2-5,12H,6H2,1H3/b11-9-. The molecule has 0 saturated heterocycles. The van der Waals surface area contributed by atoms with Gasteiger partial charge in [-0.05, 0) is 24.3 Å². The van der Waals surface area contributed by atoms with Gasteiger partial charge in [0, 0.05) is 5.56 Å². The Morgan fingerprint density at radius 3 is 2.46 bits per heavy atom. The highest BCUT2D eigenvalue weighted by Crippen LogP contribution is 2.12. The first-order chi connectivity index (χ1) is 6.31. The normalized spacial score (nSPS) is 11.4. The maximum atomic E-state index is 8.58. The van der Waals surface area contributed by atoms with Gasteiger partial charge in [-0.25, -0.2) is 0 Å². The number of ether oxygens (including phenoxy) is 1. The van der Waals surface area contributed by atoms with Crippen molar-refractivity contribution in [2.75, 3.05) is 13.0 Å². The summed E-state index contributed by atoms with van der Waals surface area (Å²) in [6, 6.07) is 7.15. The fourth-order valence-corrected chi connectivity index (χ4v) is 1.15. The predicted octanol–water partition coefficient (Wildman–Crippen LogP) is 2.11. The van der Waals surface area contributed by atoms with Gasteiger partial charge in [-0.15, -0.1) is 11.6 Å². The third kappa shape index (κ3) is 2.36. The van der Waals surface area contributed by atoms with Crippen LogP contribution in [0.3, 0.4) is 0 Å². The summed E-state index contributed by atoms with van der Waals surface area (Å²) in [4.78, 5) is 0. The van der Waals surface area contributed by atoms with E-state index in [0.29, 0.717) is 5.71 Å². The monoisotopic (exact) mass is 199 g/mol. The molecule has 0 aliphatic carbocycles. The molecule has 3 nitrogen and oxygen atoms in total. The molecular formula is C9H10ClNO2. The lowest BCUT2D eigenvalue weighted by atomic mass is 10.1. The fourth-order valence-electron chi connectivity index (χ4n) is 0.945. The Bertz CT molecular complexity index is 295. The van der Waals surface area contributed by atoms with Crippen LogP contribution in [0, 0.1) is 0 Å². The number of hydrogen-bond donors (Lipinski definition) is 1. The molecular weight excluding hydrogens is 190 g/mol. The summed E-state index contributed by atoms with van der Waals surface area (Å²) in [6.45, 7) is 0. The number of benzene rings is 1. The molecule has 4 heteroatoms. The van der Waals surface area contributed by atoms with Crippen LogP contribution in [0.15, 0.2) is 29.4 Å². The maximum Gasteiger partial charge on any atom is 0.118 e. The van der Waals surface area contributed by atoms with Gasteiger partial charge in [-0.3, -0.25) is 0 Å². The zero-order chi connectivity index (χ0) is 9.68. The second-order valence-electron chi connectivity index (χ2n) is 2.41. The van der Waals surface area contributed by atoms with Crippen LogP contribution in [0.5, 0.6) is 5.75 Å². The van der Waals surface area contributed by atoms with Gasteiger partial charge in [0.2, 0.25) is 0 Å². The van der Waals surface area contributed by atoms with Crippen molar-refractivity contribution in [3.05, 3.63) is 29.8 Å². The summed E-state index contributed by atoms with van der Waals surface area (Å²) in [5.41, 5.74) is 1.24. The van der Waals surface area contributed by atoms with Crippen molar-refractivity contribution in [1.29, 1.82) is 0 Å². The van der Waals surface area contributed by atoms with Gasteiger partial charge >= 0.3 is 0 Å². The predicted molar refractivity (Wildman–Crippen MR) is 52.0 cm³/mol. The summed E-state index contributed by atoms with van der Waals surface area (Å²) in [6.07, 6.45) is 0. The van der Waals surface area contributed by atoms with Gasteiger partial charge in [0.1, 0.15) is 11.5 Å². The van der Waals surface area contributed by atoms with Crippen LogP contribution in [0.25, 0.3) is 0 Å². The summed E-state index contributed by atoms with van der Waals surface area (Å²) in [5.74, 6) is 0.943. The summed E-state index contributed by atoms with van der Waals surface area (Å²) in [5, 5.41) is 11.7. The Morgan fingerprint density at radius 2 is 2.08 bits per heavy atom. The Kier molecular flexibility index (Phi) is 3.58. The third-order valence-electron chi connectivity index (χ3n) is 1.67. The molecule has 0 aliphatic heterocycles. The minimum atomic E-state index is 0.183. The second-order valence-corrected chi connectivity index (χ2v) is 2.68. The molecule has 70 valence electrons. The van der Waals surface area contributed by atoms with Crippen LogP contribution in [0.4, 0.5) is 0 Å². The molecule has 0 spiro atoms. The number of hydrogen-bond acceptors (Lipinski definition) is 3. The Hall–Kier alpha value is -1.22. The zero-order valence-corrected chi connectivity index (χ0v) is 7.95. The molecule has 0 bridgehead atoms. The Labute approximate surface area is 81.6 Å². The number of rotatable bonds is 3. The van der Waals surface area contributed by atoms with Crippen LogP contribution in [-0.2, 0) is 0 Å². The number of oxime groups is 1. The lowest BCUT2D eigenvalue weighted by Crippen LogP contribution is -2.02. The van der Waals surface area contributed by atoms with Crippen molar-refractivity contribution >= 4 is 17.3 Å². The molecule has 1 aromatic carbocycles. The fraction of sp³-hybridized carbons (Fsp3) is 0.222. The van der Waals surface area contributed by atoms with Crippen LogP contribution < -0.4 is 4.74 Å². The van der Waals surface area contributed by atoms with Crippen molar-refractivity contribution in [2.45, 2.75) is 0 Å². The first-order valence-electron chi connectivity index (χ1n) is 3.73. The van der Waals surface area contributed by atoms with E-state index in [1.54, 1.807) is 31.4 Å². The van der Waals surface area contributed by atoms with Crippen molar-refractivity contribution in [3.8, 4) is 5.75 Å². The van der Waals surface area contributed by atoms with E-state index in [1.807, 2.05) is 0 Å². The van der Waals surface area contributed by atoms with Gasteiger partial charge in [-0.2, -0.15) is 0 Å². The highest BCUT2D eigenvalue weighted by molar-refractivity contribution is 6.31. The molecule has 0 saturated carbocycles. The average Bonchev–Trinajstić information content (AvgIpc) is 2.21. The SMILES string of the molecule is COc1ccc(/C(CCl)=N\O)cc1. The van der Waals surface area contributed by atoms with Gasteiger partial charge < -0.3 is 9.94 Å². The molecule has 0 amide bonds. The molecule has 0 aromatic heterocycles. The summed E-state index contributed by atoms with van der Waals surface area (Å²) >= 11 is 5.55. The largest absolute Gasteiger partial charge is 0.497 e. The van der Waals surface area contributed by atoms with Crippen molar-refractivity contribution in [3.63, 3.8) is 0 Å². The van der Waals surface area contributed by atoms with E-state index in [4.69, 9.17) is 21.5 Å². The quantitative estimate of drug-likeness (QED) is 0.351. The third-order valence-corrected chi connectivity index (χ3v) is 1.92. The van der Waals surface area contributed by atoms with Gasteiger partial charge in [0.05, 0.1) is 13.0 Å². The van der Waals surface area contributed by atoms with E-state index >= 15 is 0 Å². The number of methoxy groups -OCH3 is 1. The average molecular weight is 200 g/mol. The van der Waals surface area contributed by atoms with E-state index in [2.05, 4.69) is 5.16 Å². The minimum absolute atomic E-state index is 0.183. The molecule has 1 N–H and O–H groups in total. The number of halogens is 1. The smallest absolute Gasteiger partial charge is 0.118 e.